The normalized spacial score (nSPS) is 16.3. The molecule has 1 atom stereocenters. The molecule has 0 saturated carbocycles. The van der Waals surface area contributed by atoms with Gasteiger partial charge in [0.1, 0.15) is 0 Å². The lowest BCUT2D eigenvalue weighted by molar-refractivity contribution is -0.385. The Kier molecular flexibility index (Phi) is 6.61. The summed E-state index contributed by atoms with van der Waals surface area (Å²) >= 11 is 0. The molecule has 0 spiro atoms. The Bertz CT molecular complexity index is 1290. The fourth-order valence-corrected chi connectivity index (χ4v) is 3.90. The number of hydrogen-bond donors (Lipinski definition) is 3. The van der Waals surface area contributed by atoms with Gasteiger partial charge in [-0.3, -0.25) is 20.2 Å². The number of anilines is 2. The molecule has 0 saturated heterocycles. The second kappa shape index (κ2) is 9.63. The van der Waals surface area contributed by atoms with Crippen molar-refractivity contribution in [2.45, 2.75) is 25.9 Å². The first-order chi connectivity index (χ1) is 16.8. The van der Waals surface area contributed by atoms with E-state index in [0.29, 0.717) is 23.7 Å². The number of non-ortho nitro benzene ring substituents is 1. The molecule has 4 rings (SSSR count). The Labute approximate surface area is 200 Å². The number of alkyl halides is 1. The van der Waals surface area contributed by atoms with E-state index in [1.165, 1.54) is 17.0 Å². The number of nitro groups is 1. The van der Waals surface area contributed by atoms with E-state index >= 15 is 4.39 Å². The highest BCUT2D eigenvalue weighted by Gasteiger charge is 2.45. The number of carbonyl (C=O) groups is 1. The van der Waals surface area contributed by atoms with Crippen LogP contribution in [0.15, 0.2) is 48.5 Å². The number of halogens is 1. The van der Waals surface area contributed by atoms with Gasteiger partial charge < -0.3 is 25.2 Å². The molecule has 1 aliphatic heterocycles. The molecule has 35 heavy (non-hydrogen) atoms. The summed E-state index contributed by atoms with van der Waals surface area (Å²) in [7, 11) is 0. The third kappa shape index (κ3) is 4.76. The molecular weight excluding hydrogens is 459 g/mol. The second-order valence-corrected chi connectivity index (χ2v) is 8.06. The van der Waals surface area contributed by atoms with Gasteiger partial charge in [0.2, 0.25) is 0 Å². The summed E-state index contributed by atoms with van der Waals surface area (Å²) in [5, 5.41) is 24.1. The number of ether oxygens (including phenoxy) is 2. The largest absolute Gasteiger partial charge is 0.506 e. The van der Waals surface area contributed by atoms with Crippen molar-refractivity contribution in [3.63, 3.8) is 0 Å². The Morgan fingerprint density at radius 1 is 1.29 bits per heavy atom. The van der Waals surface area contributed by atoms with Crippen LogP contribution in [0.3, 0.4) is 0 Å². The average molecular weight is 484 g/mol. The Balaban J connectivity index is 1.75. The molecule has 1 unspecified atom stereocenters. The molecule has 0 aliphatic carbocycles. The van der Waals surface area contributed by atoms with E-state index < -0.39 is 17.0 Å². The maximum Gasteiger partial charge on any atom is 0.506 e. The van der Waals surface area contributed by atoms with Crippen LogP contribution in [0.4, 0.5) is 21.5 Å². The number of nitrogen functional groups attached to an aromatic ring is 1. The molecule has 10 nitrogen and oxygen atoms in total. The first kappa shape index (κ1) is 24.0. The molecule has 3 aromatic carbocycles. The molecule has 0 fully saturated rings. The van der Waals surface area contributed by atoms with Gasteiger partial charge >= 0.3 is 6.16 Å². The first-order valence-corrected chi connectivity index (χ1v) is 11.1. The minimum Gasteiger partial charge on any atom is -0.406 e. The summed E-state index contributed by atoms with van der Waals surface area (Å²) in [6, 6.07) is 12.1. The number of benzene rings is 3. The van der Waals surface area contributed by atoms with Crippen molar-refractivity contribution < 1.29 is 28.7 Å². The maximum atomic E-state index is 15.8. The van der Waals surface area contributed by atoms with Crippen LogP contribution >= 0.6 is 0 Å². The van der Waals surface area contributed by atoms with E-state index in [1.54, 1.807) is 30.3 Å². The zero-order valence-corrected chi connectivity index (χ0v) is 19.0. The minimum absolute atomic E-state index is 0.00452. The van der Waals surface area contributed by atoms with Crippen LogP contribution in [-0.2, 0) is 0 Å². The number of amides is 1. The van der Waals surface area contributed by atoms with Crippen molar-refractivity contribution in [3.05, 3.63) is 64.2 Å². The summed E-state index contributed by atoms with van der Waals surface area (Å²) in [6.07, 6.45) is -1.45. The van der Waals surface area contributed by atoms with E-state index in [9.17, 15) is 20.0 Å². The van der Waals surface area contributed by atoms with Crippen molar-refractivity contribution >= 4 is 33.7 Å². The number of nitrogens with one attached hydrogen (secondary N) is 1. The number of aliphatic hydroxyl groups is 1. The fourth-order valence-electron chi connectivity index (χ4n) is 3.90. The fraction of sp³-hybridized carbons (Fsp3) is 0.292. The van der Waals surface area contributed by atoms with Crippen molar-refractivity contribution in [2.75, 3.05) is 30.7 Å². The SMILES string of the molecule is CCCCN(CCO)C(=O)c1cc2ccccc2c(N)c1OC1(F)Nc2ccc([N+](=O)[O-])cc2O1. The van der Waals surface area contributed by atoms with Gasteiger partial charge in [0.25, 0.3) is 11.6 Å². The van der Waals surface area contributed by atoms with Gasteiger partial charge in [-0.15, -0.1) is 4.39 Å². The number of carbonyl (C=O) groups excluding carboxylic acids is 1. The quantitative estimate of drug-likeness (QED) is 0.179. The van der Waals surface area contributed by atoms with Gasteiger partial charge in [0, 0.05) is 24.5 Å². The van der Waals surface area contributed by atoms with Crippen molar-refractivity contribution in [1.82, 2.24) is 4.90 Å². The molecule has 4 N–H and O–H groups in total. The molecule has 11 heteroatoms. The summed E-state index contributed by atoms with van der Waals surface area (Å²) in [5.74, 6) is -0.862. The Hall–Kier alpha value is -4.12. The molecule has 1 amide bonds. The lowest BCUT2D eigenvalue weighted by atomic mass is 10.0. The van der Waals surface area contributed by atoms with Gasteiger partial charge in [0.05, 0.1) is 34.5 Å². The zero-order valence-electron chi connectivity index (χ0n) is 19.0. The van der Waals surface area contributed by atoms with Gasteiger partial charge in [-0.05, 0) is 23.9 Å². The zero-order chi connectivity index (χ0) is 25.2. The molecule has 0 bridgehead atoms. The highest BCUT2D eigenvalue weighted by Crippen LogP contribution is 2.43. The van der Waals surface area contributed by atoms with Crippen LogP contribution < -0.4 is 20.5 Å². The molecule has 3 aromatic rings. The summed E-state index contributed by atoms with van der Waals surface area (Å²) < 4.78 is 26.6. The number of unbranched alkanes of at least 4 members (excludes halogenated alkanes) is 1. The standard InChI is InChI=1S/C24H25FN4O6/c1-2-3-10-28(11-12-30)23(31)18-13-15-6-4-5-7-17(15)21(26)22(18)35-24(25)27-19-9-8-16(29(32)33)14-20(19)34-24/h4-9,13-14,27,30H,2-3,10-12,26H2,1H3. The Morgan fingerprint density at radius 2 is 2.06 bits per heavy atom. The van der Waals surface area contributed by atoms with Gasteiger partial charge in [0.15, 0.2) is 11.5 Å². The number of hydrogen-bond acceptors (Lipinski definition) is 8. The second-order valence-electron chi connectivity index (χ2n) is 8.06. The van der Waals surface area contributed by atoms with Gasteiger partial charge in [-0.1, -0.05) is 37.6 Å². The van der Waals surface area contributed by atoms with Crippen molar-refractivity contribution in [3.8, 4) is 11.5 Å². The third-order valence-corrected chi connectivity index (χ3v) is 5.64. The van der Waals surface area contributed by atoms with E-state index in [0.717, 1.165) is 12.5 Å². The van der Waals surface area contributed by atoms with Crippen molar-refractivity contribution in [2.24, 2.45) is 0 Å². The Morgan fingerprint density at radius 3 is 2.77 bits per heavy atom. The topological polar surface area (TPSA) is 140 Å². The van der Waals surface area contributed by atoms with Gasteiger partial charge in [-0.2, -0.15) is 0 Å². The van der Waals surface area contributed by atoms with E-state index in [2.05, 4.69) is 5.32 Å². The van der Waals surface area contributed by atoms with Crippen LogP contribution in [0.1, 0.15) is 30.1 Å². The lowest BCUT2D eigenvalue weighted by Crippen LogP contribution is -2.42. The van der Waals surface area contributed by atoms with E-state index in [4.69, 9.17) is 15.2 Å². The number of fused-ring (bicyclic) bond motifs is 2. The number of nitrogens with two attached hydrogens (primary N) is 1. The van der Waals surface area contributed by atoms with Gasteiger partial charge in [-0.25, -0.2) is 0 Å². The molecule has 0 radical (unpaired) electrons. The van der Waals surface area contributed by atoms with Crippen LogP contribution in [-0.4, -0.2) is 46.7 Å². The summed E-state index contributed by atoms with van der Waals surface area (Å²) in [5.41, 5.74) is 6.22. The summed E-state index contributed by atoms with van der Waals surface area (Å²) in [6.45, 7) is 2.19. The van der Waals surface area contributed by atoms with Crippen LogP contribution in [0.25, 0.3) is 10.8 Å². The minimum atomic E-state index is -2.98. The highest BCUT2D eigenvalue weighted by atomic mass is 19.2. The number of nitro benzene ring substituents is 1. The first-order valence-electron chi connectivity index (χ1n) is 11.1. The molecular formula is C24H25FN4O6. The van der Waals surface area contributed by atoms with E-state index in [1.807, 2.05) is 6.92 Å². The lowest BCUT2D eigenvalue weighted by Gasteiger charge is -2.26. The predicted molar refractivity (Wildman–Crippen MR) is 128 cm³/mol. The molecule has 184 valence electrons. The monoisotopic (exact) mass is 484 g/mol. The third-order valence-electron chi connectivity index (χ3n) is 5.64. The number of nitrogens with zero attached hydrogens (tertiary/aromatic N) is 2. The van der Waals surface area contributed by atoms with Crippen molar-refractivity contribution in [1.29, 1.82) is 0 Å². The summed E-state index contributed by atoms with van der Waals surface area (Å²) in [4.78, 5) is 25.4. The maximum absolute atomic E-state index is 15.8. The number of rotatable bonds is 9. The van der Waals surface area contributed by atoms with E-state index in [-0.39, 0.29) is 47.3 Å². The van der Waals surface area contributed by atoms with Crippen LogP contribution in [0.5, 0.6) is 11.5 Å². The molecule has 1 aliphatic rings. The highest BCUT2D eigenvalue weighted by molar-refractivity contribution is 6.07. The van der Waals surface area contributed by atoms with Crippen LogP contribution in [0, 0.1) is 10.1 Å². The smallest absolute Gasteiger partial charge is 0.406 e. The number of aliphatic hydroxyl groups excluding tert-OH is 1. The molecule has 1 heterocycles. The average Bonchev–Trinajstić information content (AvgIpc) is 3.18. The molecule has 0 aromatic heterocycles. The predicted octanol–water partition coefficient (Wildman–Crippen LogP) is 4.03. The van der Waals surface area contributed by atoms with Crippen LogP contribution in [0.2, 0.25) is 0 Å².